The second kappa shape index (κ2) is 6.45. The first-order valence-electron chi connectivity index (χ1n) is 5.48. The van der Waals surface area contributed by atoms with Crippen molar-refractivity contribution in [1.29, 1.82) is 0 Å². The number of carbonyl (C=O) groups is 1. The summed E-state index contributed by atoms with van der Waals surface area (Å²) in [7, 11) is 0. The lowest BCUT2D eigenvalue weighted by Crippen LogP contribution is -2.29. The van der Waals surface area contributed by atoms with E-state index < -0.39 is 12.0 Å². The molecule has 1 rings (SSSR count). The fourth-order valence-electron chi connectivity index (χ4n) is 1.30. The Morgan fingerprint density at radius 1 is 1.67 bits per heavy atom. The molecule has 0 fully saturated rings. The Morgan fingerprint density at radius 3 is 2.94 bits per heavy atom. The molecule has 0 aliphatic rings. The SMILES string of the molecule is C#CCC(Nc1nc(C)cc(OCC)n1)C(=O)O. The highest BCUT2D eigenvalue weighted by molar-refractivity contribution is 5.76. The summed E-state index contributed by atoms with van der Waals surface area (Å²) in [6.45, 7) is 4.08. The number of hydrogen-bond donors (Lipinski definition) is 2. The van der Waals surface area contributed by atoms with Crippen LogP contribution in [0.1, 0.15) is 19.0 Å². The van der Waals surface area contributed by atoms with Crippen molar-refractivity contribution in [2.75, 3.05) is 11.9 Å². The zero-order valence-electron chi connectivity index (χ0n) is 10.3. The van der Waals surface area contributed by atoms with Crippen LogP contribution < -0.4 is 10.1 Å². The molecule has 1 unspecified atom stereocenters. The van der Waals surface area contributed by atoms with Crippen molar-refractivity contribution in [3.8, 4) is 18.2 Å². The second-order valence-electron chi connectivity index (χ2n) is 3.55. The Labute approximate surface area is 105 Å². The van der Waals surface area contributed by atoms with Crippen molar-refractivity contribution in [3.05, 3.63) is 11.8 Å². The Bertz CT molecular complexity index is 468. The number of ether oxygens (including phenoxy) is 1. The number of anilines is 1. The molecule has 0 amide bonds. The number of nitrogens with zero attached hydrogens (tertiary/aromatic N) is 2. The van der Waals surface area contributed by atoms with Crippen LogP contribution in [0.15, 0.2) is 6.07 Å². The standard InChI is InChI=1S/C12H15N3O3/c1-4-6-9(11(16)17)14-12-13-8(3)7-10(15-12)18-5-2/h1,7,9H,5-6H2,2-3H3,(H,16,17)(H,13,14,15). The van der Waals surface area contributed by atoms with Crippen LogP contribution in [0.5, 0.6) is 5.88 Å². The average Bonchev–Trinajstić information content (AvgIpc) is 2.28. The van der Waals surface area contributed by atoms with Gasteiger partial charge in [-0.05, 0) is 13.8 Å². The lowest BCUT2D eigenvalue weighted by Gasteiger charge is -2.13. The number of rotatable bonds is 6. The molecule has 1 aromatic heterocycles. The zero-order valence-corrected chi connectivity index (χ0v) is 10.3. The number of aliphatic carboxylic acids is 1. The molecule has 0 saturated heterocycles. The maximum absolute atomic E-state index is 10.9. The quantitative estimate of drug-likeness (QED) is 0.734. The molecule has 2 N–H and O–H groups in total. The Hall–Kier alpha value is -2.29. The van der Waals surface area contributed by atoms with Crippen LogP contribution in [-0.4, -0.2) is 33.7 Å². The number of terminal acetylenes is 1. The number of aryl methyl sites for hydroxylation is 1. The van der Waals surface area contributed by atoms with Crippen molar-refractivity contribution in [2.45, 2.75) is 26.3 Å². The highest BCUT2D eigenvalue weighted by Gasteiger charge is 2.17. The van der Waals surface area contributed by atoms with Gasteiger partial charge >= 0.3 is 5.97 Å². The van der Waals surface area contributed by atoms with Gasteiger partial charge in [-0.3, -0.25) is 0 Å². The van der Waals surface area contributed by atoms with Crippen molar-refractivity contribution >= 4 is 11.9 Å². The normalized spacial score (nSPS) is 11.4. The van der Waals surface area contributed by atoms with Crippen LogP contribution >= 0.6 is 0 Å². The molecule has 1 atom stereocenters. The Balaban J connectivity index is 2.88. The van der Waals surface area contributed by atoms with E-state index in [0.29, 0.717) is 18.2 Å². The second-order valence-corrected chi connectivity index (χ2v) is 3.55. The molecular weight excluding hydrogens is 234 g/mol. The summed E-state index contributed by atoms with van der Waals surface area (Å²) in [5, 5.41) is 11.6. The monoisotopic (exact) mass is 249 g/mol. The van der Waals surface area contributed by atoms with Crippen LogP contribution in [-0.2, 0) is 4.79 Å². The van der Waals surface area contributed by atoms with E-state index in [0.717, 1.165) is 0 Å². The minimum absolute atomic E-state index is 0.0522. The van der Waals surface area contributed by atoms with E-state index in [-0.39, 0.29) is 12.4 Å². The molecule has 6 nitrogen and oxygen atoms in total. The molecule has 0 aliphatic heterocycles. The van der Waals surface area contributed by atoms with E-state index in [1.807, 2.05) is 6.92 Å². The molecular formula is C12H15N3O3. The van der Waals surface area contributed by atoms with Crippen molar-refractivity contribution in [3.63, 3.8) is 0 Å². The maximum atomic E-state index is 10.9. The van der Waals surface area contributed by atoms with E-state index in [1.54, 1.807) is 13.0 Å². The number of carboxylic acid groups (broad SMARTS) is 1. The fraction of sp³-hybridized carbons (Fsp3) is 0.417. The minimum Gasteiger partial charge on any atom is -0.480 e. The van der Waals surface area contributed by atoms with E-state index in [4.69, 9.17) is 16.3 Å². The number of carboxylic acids is 1. The van der Waals surface area contributed by atoms with Gasteiger partial charge in [0.15, 0.2) is 0 Å². The lowest BCUT2D eigenvalue weighted by molar-refractivity contribution is -0.137. The molecule has 96 valence electrons. The Morgan fingerprint density at radius 2 is 2.39 bits per heavy atom. The molecule has 18 heavy (non-hydrogen) atoms. The molecule has 0 aliphatic carbocycles. The highest BCUT2D eigenvalue weighted by atomic mass is 16.5. The molecule has 0 bridgehead atoms. The van der Waals surface area contributed by atoms with Gasteiger partial charge in [0.2, 0.25) is 11.8 Å². The van der Waals surface area contributed by atoms with Crippen LogP contribution in [0.25, 0.3) is 0 Å². The number of nitrogens with one attached hydrogen (secondary N) is 1. The van der Waals surface area contributed by atoms with Crippen LogP contribution in [0.2, 0.25) is 0 Å². The third kappa shape index (κ3) is 3.94. The third-order valence-electron chi connectivity index (χ3n) is 2.05. The van der Waals surface area contributed by atoms with Crippen LogP contribution in [0, 0.1) is 19.3 Å². The summed E-state index contributed by atoms with van der Waals surface area (Å²) in [6.07, 6.45) is 5.16. The first kappa shape index (κ1) is 13.8. The van der Waals surface area contributed by atoms with Gasteiger partial charge in [0.25, 0.3) is 0 Å². The van der Waals surface area contributed by atoms with Crippen molar-refractivity contribution in [2.24, 2.45) is 0 Å². The predicted octanol–water partition coefficient (Wildman–Crippen LogP) is 1.07. The smallest absolute Gasteiger partial charge is 0.327 e. The molecule has 0 radical (unpaired) electrons. The summed E-state index contributed by atoms with van der Waals surface area (Å²) >= 11 is 0. The van der Waals surface area contributed by atoms with Crippen LogP contribution in [0.4, 0.5) is 5.95 Å². The summed E-state index contributed by atoms with van der Waals surface area (Å²) in [5.41, 5.74) is 0.681. The van der Waals surface area contributed by atoms with Gasteiger partial charge in [-0.1, -0.05) is 0 Å². The van der Waals surface area contributed by atoms with Gasteiger partial charge in [-0.25, -0.2) is 9.78 Å². The fourth-order valence-corrected chi connectivity index (χ4v) is 1.30. The highest BCUT2D eigenvalue weighted by Crippen LogP contribution is 2.13. The summed E-state index contributed by atoms with van der Waals surface area (Å²) in [4.78, 5) is 19.1. The van der Waals surface area contributed by atoms with Gasteiger partial charge in [0.1, 0.15) is 6.04 Å². The molecule has 6 heteroatoms. The largest absolute Gasteiger partial charge is 0.480 e. The first-order valence-corrected chi connectivity index (χ1v) is 5.48. The van der Waals surface area contributed by atoms with E-state index in [2.05, 4.69) is 21.2 Å². The van der Waals surface area contributed by atoms with E-state index in [9.17, 15) is 4.79 Å². The summed E-state index contributed by atoms with van der Waals surface area (Å²) < 4.78 is 5.25. The van der Waals surface area contributed by atoms with E-state index >= 15 is 0 Å². The topological polar surface area (TPSA) is 84.3 Å². The third-order valence-corrected chi connectivity index (χ3v) is 2.05. The molecule has 0 spiro atoms. The van der Waals surface area contributed by atoms with Gasteiger partial charge in [-0.2, -0.15) is 4.98 Å². The van der Waals surface area contributed by atoms with Gasteiger partial charge in [0.05, 0.1) is 6.61 Å². The van der Waals surface area contributed by atoms with Crippen molar-refractivity contribution < 1.29 is 14.6 Å². The van der Waals surface area contributed by atoms with Gasteiger partial charge in [-0.15, -0.1) is 12.3 Å². The molecule has 0 aromatic carbocycles. The Kier molecular flexibility index (Phi) is 4.93. The number of aromatic nitrogens is 2. The minimum atomic E-state index is -1.05. The average molecular weight is 249 g/mol. The summed E-state index contributed by atoms with van der Waals surface area (Å²) in [6, 6.07) is 0.761. The predicted molar refractivity (Wildman–Crippen MR) is 66.4 cm³/mol. The van der Waals surface area contributed by atoms with Gasteiger partial charge < -0.3 is 15.2 Å². The molecule has 0 saturated carbocycles. The first-order chi connectivity index (χ1) is 8.56. The lowest BCUT2D eigenvalue weighted by atomic mass is 10.2. The molecule has 1 aromatic rings. The van der Waals surface area contributed by atoms with Gasteiger partial charge in [0, 0.05) is 18.2 Å². The molecule has 1 heterocycles. The number of hydrogen-bond acceptors (Lipinski definition) is 5. The summed E-state index contributed by atoms with van der Waals surface area (Å²) in [5.74, 6) is 1.84. The van der Waals surface area contributed by atoms with Crippen LogP contribution in [0.3, 0.4) is 0 Å². The zero-order chi connectivity index (χ0) is 13.5. The van der Waals surface area contributed by atoms with Crippen molar-refractivity contribution in [1.82, 2.24) is 9.97 Å². The van der Waals surface area contributed by atoms with E-state index in [1.165, 1.54) is 0 Å². The maximum Gasteiger partial charge on any atom is 0.327 e.